The van der Waals surface area contributed by atoms with E-state index in [1.165, 1.54) is 18.2 Å². The van der Waals surface area contributed by atoms with E-state index in [-0.39, 0.29) is 18.7 Å². The molecule has 38 heavy (non-hydrogen) atoms. The number of nitrogens with one attached hydrogen (secondary N) is 3. The van der Waals surface area contributed by atoms with E-state index in [0.717, 1.165) is 23.5 Å². The quantitative estimate of drug-likeness (QED) is 0.278. The number of thioether (sulfide) groups is 1. The van der Waals surface area contributed by atoms with Crippen LogP contribution in [0.1, 0.15) is 79.6 Å². The fourth-order valence-corrected chi connectivity index (χ4v) is 3.55. The normalized spacial score (nSPS) is 20.6. The van der Waals surface area contributed by atoms with Gasteiger partial charge in [-0.25, -0.2) is 9.59 Å². The number of amides is 3. The van der Waals surface area contributed by atoms with E-state index in [1.807, 2.05) is 39.2 Å². The van der Waals surface area contributed by atoms with Gasteiger partial charge in [0.1, 0.15) is 12.1 Å². The first-order chi connectivity index (χ1) is 18.3. The molecule has 0 aromatic heterocycles. The second-order valence-corrected chi connectivity index (χ2v) is 9.26. The number of urea groups is 1. The number of aliphatic carboxylic acids is 1. The van der Waals surface area contributed by atoms with Crippen molar-refractivity contribution in [1.82, 2.24) is 16.0 Å². The number of allylic oxidation sites excluding steroid dienone is 3. The summed E-state index contributed by atoms with van der Waals surface area (Å²) in [6.07, 6.45) is 10.3. The van der Waals surface area contributed by atoms with Gasteiger partial charge in [0.05, 0.1) is 19.0 Å². The van der Waals surface area contributed by atoms with Crippen molar-refractivity contribution in [1.29, 1.82) is 0 Å². The topological polar surface area (TPSA) is 152 Å². The van der Waals surface area contributed by atoms with Crippen molar-refractivity contribution >= 4 is 29.7 Å². The summed E-state index contributed by atoms with van der Waals surface area (Å²) in [5.74, 6) is -0.747. The maximum absolute atomic E-state index is 12.8. The largest absolute Gasteiger partial charge is 0.498 e. The first-order valence-electron chi connectivity index (χ1n) is 13.7. The number of unbranched alkanes of at least 4 members (excludes halogenated alkanes) is 1. The summed E-state index contributed by atoms with van der Waals surface area (Å²) in [7, 11) is 0. The molecule has 222 valence electrons. The van der Waals surface area contributed by atoms with Gasteiger partial charge in [0.15, 0.2) is 0 Å². The number of carbonyl (C=O) groups is 3. The molecular formula is C27H52N4O6S. The first kappa shape index (κ1) is 37.9. The molecule has 0 saturated heterocycles. The Labute approximate surface area is 233 Å². The minimum Gasteiger partial charge on any atom is -0.498 e. The van der Waals surface area contributed by atoms with Gasteiger partial charge in [0, 0.05) is 19.6 Å². The third-order valence-corrected chi connectivity index (χ3v) is 5.73. The number of ether oxygens (including phenoxy) is 2. The van der Waals surface area contributed by atoms with Crippen LogP contribution in [0.25, 0.3) is 0 Å². The number of carboxylic acid groups (broad SMARTS) is 1. The molecule has 6 N–H and O–H groups in total. The lowest BCUT2D eigenvalue weighted by Crippen LogP contribution is -2.53. The van der Waals surface area contributed by atoms with Crippen LogP contribution < -0.4 is 21.7 Å². The highest BCUT2D eigenvalue weighted by molar-refractivity contribution is 8.02. The van der Waals surface area contributed by atoms with Crippen molar-refractivity contribution in [2.45, 2.75) is 91.6 Å². The molecule has 11 heteroatoms. The molecule has 0 saturated carbocycles. The third-order valence-electron chi connectivity index (χ3n) is 4.90. The molecule has 0 aromatic carbocycles. The fourth-order valence-electron chi connectivity index (χ4n) is 3.01. The average Bonchev–Trinajstić information content (AvgIpc) is 2.89. The van der Waals surface area contributed by atoms with Gasteiger partial charge in [0.2, 0.25) is 5.91 Å². The summed E-state index contributed by atoms with van der Waals surface area (Å²) >= 11 is 1.46. The van der Waals surface area contributed by atoms with Gasteiger partial charge in [-0.3, -0.25) is 4.79 Å². The summed E-state index contributed by atoms with van der Waals surface area (Å²) < 4.78 is 11.2. The predicted octanol–water partition coefficient (Wildman–Crippen LogP) is 4.16. The van der Waals surface area contributed by atoms with Crippen LogP contribution in [0.15, 0.2) is 22.8 Å². The van der Waals surface area contributed by atoms with Crippen LogP contribution >= 0.6 is 11.8 Å². The van der Waals surface area contributed by atoms with Gasteiger partial charge in [-0.1, -0.05) is 34.1 Å². The Bertz CT molecular complexity index is 703. The van der Waals surface area contributed by atoms with E-state index in [1.54, 1.807) is 0 Å². The lowest BCUT2D eigenvalue weighted by molar-refractivity contribution is -0.139. The molecule has 1 heterocycles. The van der Waals surface area contributed by atoms with E-state index in [2.05, 4.69) is 29.8 Å². The molecule has 0 fully saturated rings. The Kier molecular flexibility index (Phi) is 26.3. The lowest BCUT2D eigenvalue weighted by atomic mass is 10.1. The van der Waals surface area contributed by atoms with Crippen LogP contribution in [0.5, 0.6) is 0 Å². The van der Waals surface area contributed by atoms with Crippen LogP contribution in [-0.2, 0) is 19.1 Å². The number of hydrogen-bond donors (Lipinski definition) is 5. The number of hydrogen-bond acceptors (Lipinski definition) is 7. The Morgan fingerprint density at radius 1 is 1.18 bits per heavy atom. The fraction of sp³-hybridized carbons (Fsp3) is 0.741. The summed E-state index contributed by atoms with van der Waals surface area (Å²) in [5.41, 5.74) is 5.45. The zero-order valence-corrected chi connectivity index (χ0v) is 25.1. The van der Waals surface area contributed by atoms with Crippen molar-refractivity contribution in [3.8, 4) is 0 Å². The van der Waals surface area contributed by atoms with E-state index >= 15 is 0 Å². The van der Waals surface area contributed by atoms with Crippen LogP contribution in [-0.4, -0.2) is 74.3 Å². The van der Waals surface area contributed by atoms with Crippen LogP contribution in [0.2, 0.25) is 0 Å². The molecule has 0 spiro atoms. The summed E-state index contributed by atoms with van der Waals surface area (Å²) in [6.45, 7) is 12.4. The zero-order valence-electron chi connectivity index (χ0n) is 24.3. The Morgan fingerprint density at radius 3 is 2.45 bits per heavy atom. The number of rotatable bonds is 8. The second-order valence-electron chi connectivity index (χ2n) is 8.33. The van der Waals surface area contributed by atoms with Crippen LogP contribution in [0, 0.1) is 0 Å². The number of nitrogens with two attached hydrogens (primary N) is 1. The Hall–Kier alpha value is -2.24. The molecule has 3 amide bonds. The highest BCUT2D eigenvalue weighted by Crippen LogP contribution is 2.19. The summed E-state index contributed by atoms with van der Waals surface area (Å²) in [5, 5.41) is 17.2. The third kappa shape index (κ3) is 20.8. The predicted molar refractivity (Wildman–Crippen MR) is 156 cm³/mol. The monoisotopic (exact) mass is 560 g/mol. The molecule has 0 aliphatic carbocycles. The molecule has 0 bridgehead atoms. The number of carbonyl (C=O) groups excluding carboxylic acids is 2. The summed E-state index contributed by atoms with van der Waals surface area (Å²) in [6, 6.07) is -2.65. The molecule has 2 atom stereocenters. The Morgan fingerprint density at radius 2 is 1.84 bits per heavy atom. The molecular weight excluding hydrogens is 508 g/mol. The molecule has 10 nitrogen and oxygen atoms in total. The molecule has 1 rings (SSSR count). The van der Waals surface area contributed by atoms with E-state index in [4.69, 9.17) is 15.2 Å². The van der Waals surface area contributed by atoms with Gasteiger partial charge in [-0.05, 0) is 68.9 Å². The van der Waals surface area contributed by atoms with Crippen LogP contribution in [0.3, 0.4) is 0 Å². The minimum atomic E-state index is -1.13. The number of carboxylic acids is 1. The maximum atomic E-state index is 12.8. The van der Waals surface area contributed by atoms with Crippen molar-refractivity contribution in [3.05, 3.63) is 22.8 Å². The standard InChI is InChI=1S/C22H38N4O6S.C3H8.C2H6/c1-16-8-9-17(33-2)15-19(20(27)24-11-14-31-12-5-6-13-32-16)26-22(30)25-18(21(28)29)7-3-4-10-23;1-3-2;1-2/h8-9,18-19H,3-7,10-15,23H2,1-2H3,(H,24,27)(H,28,29)(H2,25,26,30);3H2,1-2H3;1-2H3/b16-8+,17-9-;;/t18-,19+;;/m0../s1. The Balaban J connectivity index is 0. The van der Waals surface area contributed by atoms with Crippen molar-refractivity contribution in [2.75, 3.05) is 39.2 Å². The second kappa shape index (κ2) is 26.4. The van der Waals surface area contributed by atoms with Gasteiger partial charge < -0.3 is 36.3 Å². The summed E-state index contributed by atoms with van der Waals surface area (Å²) in [4.78, 5) is 37.7. The van der Waals surface area contributed by atoms with Gasteiger partial charge >= 0.3 is 12.0 Å². The lowest BCUT2D eigenvalue weighted by Gasteiger charge is -2.21. The van der Waals surface area contributed by atoms with Gasteiger partial charge in [-0.2, -0.15) is 0 Å². The van der Waals surface area contributed by atoms with E-state index in [0.29, 0.717) is 45.8 Å². The minimum absolute atomic E-state index is 0.246. The van der Waals surface area contributed by atoms with Gasteiger partial charge in [-0.15, -0.1) is 11.8 Å². The van der Waals surface area contributed by atoms with E-state index < -0.39 is 24.1 Å². The van der Waals surface area contributed by atoms with Crippen molar-refractivity contribution in [3.63, 3.8) is 0 Å². The molecule has 0 radical (unpaired) electrons. The van der Waals surface area contributed by atoms with Crippen molar-refractivity contribution < 1.29 is 29.0 Å². The molecule has 0 aromatic rings. The maximum Gasteiger partial charge on any atom is 0.326 e. The molecule has 0 unspecified atom stereocenters. The van der Waals surface area contributed by atoms with Crippen LogP contribution in [0.4, 0.5) is 4.79 Å². The highest BCUT2D eigenvalue weighted by atomic mass is 32.2. The molecule has 1 aliphatic rings. The SMILES string of the molecule is CC.CCC.CS/C1=C\C=C(/C)OCCCCOCCNC(=O)[C@H](NC(=O)N[C@@H](CCCCN)C(=O)O)C1. The average molecular weight is 561 g/mol. The molecule has 1 aliphatic heterocycles. The first-order valence-corrected chi connectivity index (χ1v) is 14.9. The highest BCUT2D eigenvalue weighted by Gasteiger charge is 2.25. The van der Waals surface area contributed by atoms with Gasteiger partial charge in [0.25, 0.3) is 0 Å². The zero-order chi connectivity index (χ0) is 29.2. The van der Waals surface area contributed by atoms with Crippen molar-refractivity contribution in [2.24, 2.45) is 5.73 Å². The smallest absolute Gasteiger partial charge is 0.326 e. The van der Waals surface area contributed by atoms with E-state index in [9.17, 15) is 19.5 Å².